The summed E-state index contributed by atoms with van der Waals surface area (Å²) in [7, 11) is 0. The van der Waals surface area contributed by atoms with Gasteiger partial charge in [-0.25, -0.2) is 4.98 Å². The normalized spacial score (nSPS) is 11.5. The summed E-state index contributed by atoms with van der Waals surface area (Å²) in [6.45, 7) is 0. The monoisotopic (exact) mass is 653 g/mol. The summed E-state index contributed by atoms with van der Waals surface area (Å²) in [5, 5.41) is 4.52. The maximum absolute atomic E-state index is 6.31. The summed E-state index contributed by atoms with van der Waals surface area (Å²) in [6.07, 6.45) is 0. The van der Waals surface area contributed by atoms with Crippen molar-refractivity contribution >= 4 is 60.7 Å². The zero-order valence-electron chi connectivity index (χ0n) is 27.6. The van der Waals surface area contributed by atoms with Gasteiger partial charge < -0.3 is 13.9 Å². The predicted octanol–water partition coefficient (Wildman–Crippen LogP) is 12.9. The molecule has 0 spiro atoms. The van der Waals surface area contributed by atoms with E-state index >= 15 is 0 Å². The molecule has 0 N–H and O–H groups in total. The third kappa shape index (κ3) is 4.80. The van der Waals surface area contributed by atoms with Gasteiger partial charge in [-0.05, 0) is 83.9 Å². The van der Waals surface area contributed by atoms with Crippen molar-refractivity contribution in [3.8, 4) is 28.3 Å². The Morgan fingerprint density at radius 1 is 0.431 bits per heavy atom. The highest BCUT2D eigenvalue weighted by molar-refractivity contribution is 6.18. The molecular weight excluding hydrogens is 623 g/mol. The molecule has 0 aliphatic rings. The Kier molecular flexibility index (Phi) is 6.78. The quantitative estimate of drug-likeness (QED) is 0.179. The predicted molar refractivity (Wildman–Crippen MR) is 211 cm³/mol. The first-order valence-corrected chi connectivity index (χ1v) is 17.2. The van der Waals surface area contributed by atoms with Crippen molar-refractivity contribution in [2.24, 2.45) is 0 Å². The standard InChI is InChI=1S/C47H31N3O/c1-4-14-32(15-5-1)33-26-28-36(29-27-33)50(40-23-12-21-38-37(40)30-31-44-46(38)48-47(51-44)34-16-6-2-7-17-34)43-25-13-24-42-45(43)39-20-10-11-22-41(39)49(42)35-18-8-3-9-19-35/h1-31H. The first kappa shape index (κ1) is 29.0. The molecule has 4 heteroatoms. The molecule has 0 fully saturated rings. The molecule has 240 valence electrons. The molecule has 2 aromatic heterocycles. The van der Waals surface area contributed by atoms with Crippen LogP contribution in [-0.2, 0) is 0 Å². The highest BCUT2D eigenvalue weighted by Crippen LogP contribution is 2.46. The van der Waals surface area contributed by atoms with Gasteiger partial charge in [0.25, 0.3) is 0 Å². The molecule has 0 unspecified atom stereocenters. The maximum Gasteiger partial charge on any atom is 0.227 e. The molecule has 10 rings (SSSR count). The molecule has 2 heterocycles. The molecule has 0 saturated carbocycles. The Morgan fingerprint density at radius 2 is 1.04 bits per heavy atom. The van der Waals surface area contributed by atoms with Crippen LogP contribution in [0.25, 0.3) is 71.9 Å². The molecular formula is C47H31N3O. The highest BCUT2D eigenvalue weighted by atomic mass is 16.3. The van der Waals surface area contributed by atoms with Crippen molar-refractivity contribution in [3.63, 3.8) is 0 Å². The van der Waals surface area contributed by atoms with Crippen LogP contribution in [0.1, 0.15) is 0 Å². The molecule has 0 bridgehead atoms. The summed E-state index contributed by atoms with van der Waals surface area (Å²) in [4.78, 5) is 7.45. The number of rotatable bonds is 6. The average molecular weight is 654 g/mol. The number of para-hydroxylation sites is 2. The topological polar surface area (TPSA) is 34.2 Å². The lowest BCUT2D eigenvalue weighted by atomic mass is 10.0. The number of oxazole rings is 1. The average Bonchev–Trinajstić information content (AvgIpc) is 3.80. The number of fused-ring (bicyclic) bond motifs is 6. The lowest BCUT2D eigenvalue weighted by Crippen LogP contribution is -2.11. The van der Waals surface area contributed by atoms with E-state index in [1.54, 1.807) is 0 Å². The summed E-state index contributed by atoms with van der Waals surface area (Å²) in [5.41, 5.74) is 11.6. The van der Waals surface area contributed by atoms with E-state index in [1.165, 1.54) is 27.4 Å². The summed E-state index contributed by atoms with van der Waals surface area (Å²) in [5.74, 6) is 0.621. The fourth-order valence-corrected chi connectivity index (χ4v) is 7.51. The largest absolute Gasteiger partial charge is 0.436 e. The third-order valence-corrected chi connectivity index (χ3v) is 9.82. The SMILES string of the molecule is c1ccc(-c2ccc(N(c3cccc4c3ccc3oc(-c5ccccc5)nc34)c3cccc4c3c3ccccc3n4-c3ccccc3)cc2)cc1. The Labute approximate surface area is 295 Å². The minimum atomic E-state index is 0.621. The third-order valence-electron chi connectivity index (χ3n) is 9.82. The Balaban J connectivity index is 1.24. The van der Waals surface area contributed by atoms with Gasteiger partial charge in [0.1, 0.15) is 5.52 Å². The van der Waals surface area contributed by atoms with Crippen LogP contribution < -0.4 is 4.90 Å². The van der Waals surface area contributed by atoms with E-state index in [2.05, 4.69) is 167 Å². The maximum atomic E-state index is 6.31. The molecule has 4 nitrogen and oxygen atoms in total. The van der Waals surface area contributed by atoms with E-state index in [9.17, 15) is 0 Å². The van der Waals surface area contributed by atoms with Crippen LogP contribution in [-0.4, -0.2) is 9.55 Å². The molecule has 0 atom stereocenters. The van der Waals surface area contributed by atoms with Gasteiger partial charge in [-0.1, -0.05) is 115 Å². The van der Waals surface area contributed by atoms with Crippen LogP contribution in [0, 0.1) is 0 Å². The van der Waals surface area contributed by atoms with Gasteiger partial charge in [0.05, 0.1) is 22.4 Å². The van der Waals surface area contributed by atoms with Gasteiger partial charge in [0, 0.05) is 38.5 Å². The van der Waals surface area contributed by atoms with E-state index in [4.69, 9.17) is 9.40 Å². The molecule has 0 saturated heterocycles. The summed E-state index contributed by atoms with van der Waals surface area (Å²) < 4.78 is 8.68. The number of hydrogen-bond donors (Lipinski definition) is 0. The van der Waals surface area contributed by atoms with E-state index in [0.29, 0.717) is 5.89 Å². The first-order chi connectivity index (χ1) is 25.3. The van der Waals surface area contributed by atoms with E-state index in [0.717, 1.165) is 55.7 Å². The van der Waals surface area contributed by atoms with Crippen LogP contribution in [0.4, 0.5) is 17.1 Å². The fraction of sp³-hybridized carbons (Fsp3) is 0. The zero-order valence-corrected chi connectivity index (χ0v) is 27.6. The zero-order chi connectivity index (χ0) is 33.7. The molecule has 0 amide bonds. The number of benzene rings is 8. The van der Waals surface area contributed by atoms with Gasteiger partial charge in [-0.3, -0.25) is 0 Å². The molecule has 10 aromatic rings. The first-order valence-electron chi connectivity index (χ1n) is 17.2. The summed E-state index contributed by atoms with van der Waals surface area (Å²) in [6, 6.07) is 66.3. The molecule has 8 aromatic carbocycles. The van der Waals surface area contributed by atoms with Crippen LogP contribution >= 0.6 is 0 Å². The van der Waals surface area contributed by atoms with Crippen molar-refractivity contribution in [2.75, 3.05) is 4.90 Å². The van der Waals surface area contributed by atoms with Crippen LogP contribution in [0.5, 0.6) is 0 Å². The van der Waals surface area contributed by atoms with E-state index in [-0.39, 0.29) is 0 Å². The number of anilines is 3. The second kappa shape index (κ2) is 11.9. The van der Waals surface area contributed by atoms with Crippen LogP contribution in [0.3, 0.4) is 0 Å². The van der Waals surface area contributed by atoms with Crippen molar-refractivity contribution in [1.29, 1.82) is 0 Å². The molecule has 51 heavy (non-hydrogen) atoms. The van der Waals surface area contributed by atoms with Gasteiger partial charge >= 0.3 is 0 Å². The van der Waals surface area contributed by atoms with Crippen molar-refractivity contribution in [1.82, 2.24) is 9.55 Å². The smallest absolute Gasteiger partial charge is 0.227 e. The second-order valence-corrected chi connectivity index (χ2v) is 12.8. The Morgan fingerprint density at radius 3 is 1.82 bits per heavy atom. The lowest BCUT2D eigenvalue weighted by molar-refractivity contribution is 0.620. The van der Waals surface area contributed by atoms with Crippen molar-refractivity contribution < 1.29 is 4.42 Å². The van der Waals surface area contributed by atoms with Gasteiger partial charge in [-0.15, -0.1) is 0 Å². The molecule has 0 aliphatic heterocycles. The van der Waals surface area contributed by atoms with E-state index in [1.807, 2.05) is 30.3 Å². The van der Waals surface area contributed by atoms with Gasteiger partial charge in [0.2, 0.25) is 5.89 Å². The van der Waals surface area contributed by atoms with Crippen LogP contribution in [0.2, 0.25) is 0 Å². The number of aromatic nitrogens is 2. The van der Waals surface area contributed by atoms with Gasteiger partial charge in [0.15, 0.2) is 5.58 Å². The Bertz CT molecular complexity index is 2840. The van der Waals surface area contributed by atoms with Crippen molar-refractivity contribution in [3.05, 3.63) is 188 Å². The minimum absolute atomic E-state index is 0.621. The van der Waals surface area contributed by atoms with E-state index < -0.39 is 0 Å². The van der Waals surface area contributed by atoms with Crippen LogP contribution in [0.15, 0.2) is 192 Å². The highest BCUT2D eigenvalue weighted by Gasteiger charge is 2.23. The molecule has 0 aliphatic carbocycles. The lowest BCUT2D eigenvalue weighted by Gasteiger charge is -2.28. The number of nitrogens with zero attached hydrogens (tertiary/aromatic N) is 3. The number of hydrogen-bond acceptors (Lipinski definition) is 3. The summed E-state index contributed by atoms with van der Waals surface area (Å²) >= 11 is 0. The van der Waals surface area contributed by atoms with Crippen molar-refractivity contribution in [2.45, 2.75) is 0 Å². The second-order valence-electron chi connectivity index (χ2n) is 12.8. The Hall–Kier alpha value is -6.91. The fourth-order valence-electron chi connectivity index (χ4n) is 7.51. The minimum Gasteiger partial charge on any atom is -0.436 e. The molecule has 0 radical (unpaired) electrons. The van der Waals surface area contributed by atoms with Gasteiger partial charge in [-0.2, -0.15) is 0 Å².